The summed E-state index contributed by atoms with van der Waals surface area (Å²) >= 11 is 0. The highest BCUT2D eigenvalue weighted by atomic mass is 16.7. The first kappa shape index (κ1) is 22.5. The van der Waals surface area contributed by atoms with Crippen molar-refractivity contribution < 1.29 is 19.0 Å². The summed E-state index contributed by atoms with van der Waals surface area (Å²) in [5.41, 5.74) is 2.60. The minimum atomic E-state index is -0.459. The van der Waals surface area contributed by atoms with E-state index in [4.69, 9.17) is 14.2 Å². The summed E-state index contributed by atoms with van der Waals surface area (Å²) in [6.45, 7) is 0.538. The number of anilines is 1. The molecule has 3 heterocycles. The number of ether oxygens (including phenoxy) is 3. The highest BCUT2D eigenvalue weighted by molar-refractivity contribution is 6.06. The molecule has 2 aromatic carbocycles. The van der Waals surface area contributed by atoms with Crippen molar-refractivity contribution in [3.8, 4) is 0 Å². The lowest BCUT2D eigenvalue weighted by molar-refractivity contribution is -0.261. The van der Waals surface area contributed by atoms with Gasteiger partial charge in [0.2, 0.25) is 0 Å². The molecule has 1 N–H and O–H groups in total. The Kier molecular flexibility index (Phi) is 6.02. The third-order valence-electron chi connectivity index (χ3n) is 6.65. The third kappa shape index (κ3) is 4.07. The molecule has 9 nitrogen and oxygen atoms in total. The Morgan fingerprint density at radius 3 is 2.58 bits per heavy atom. The number of rotatable bonds is 5. The van der Waals surface area contributed by atoms with Crippen molar-refractivity contribution in [2.24, 2.45) is 5.92 Å². The third-order valence-corrected chi connectivity index (χ3v) is 6.65. The maximum Gasteiger partial charge on any atom is 0.256 e. The van der Waals surface area contributed by atoms with E-state index in [9.17, 15) is 4.79 Å². The Morgan fingerprint density at radius 2 is 1.81 bits per heavy atom. The van der Waals surface area contributed by atoms with Crippen molar-refractivity contribution in [1.82, 2.24) is 19.5 Å². The summed E-state index contributed by atoms with van der Waals surface area (Å²) in [5.74, 6) is 0.157. The minimum Gasteiger partial charge on any atom is -0.376 e. The molecule has 1 amide bonds. The number of nitrogens with zero attached hydrogens (tertiary/aromatic N) is 4. The number of benzene rings is 2. The van der Waals surface area contributed by atoms with Gasteiger partial charge in [-0.1, -0.05) is 60.7 Å². The van der Waals surface area contributed by atoms with Crippen LogP contribution in [0, 0.1) is 5.92 Å². The number of carbonyl (C=O) groups is 1. The van der Waals surface area contributed by atoms with Crippen LogP contribution in [-0.4, -0.2) is 51.4 Å². The summed E-state index contributed by atoms with van der Waals surface area (Å²) in [7, 11) is 1.68. The van der Waals surface area contributed by atoms with Crippen molar-refractivity contribution >= 4 is 22.9 Å². The second kappa shape index (κ2) is 9.62. The molecule has 5 atom stereocenters. The van der Waals surface area contributed by atoms with E-state index < -0.39 is 6.29 Å². The van der Waals surface area contributed by atoms with Gasteiger partial charge in [-0.25, -0.2) is 15.0 Å². The van der Waals surface area contributed by atoms with Gasteiger partial charge in [0.25, 0.3) is 5.91 Å². The Labute approximate surface area is 207 Å². The SMILES string of the molecule is CO[C@@H]1[C@@H]2OC(c3ccccc3)OC[C@H]2C=C[C@H]1n1cnc2c(NC(=O)c3ccccc3)ncnc21. The minimum absolute atomic E-state index is 0.0660. The Hall–Kier alpha value is -3.92. The van der Waals surface area contributed by atoms with Crippen LogP contribution in [0.2, 0.25) is 0 Å². The largest absolute Gasteiger partial charge is 0.376 e. The number of methoxy groups -OCH3 is 1. The first-order chi connectivity index (χ1) is 17.7. The number of aromatic nitrogens is 4. The smallest absolute Gasteiger partial charge is 0.256 e. The van der Waals surface area contributed by atoms with Gasteiger partial charge in [0.1, 0.15) is 12.4 Å². The second-order valence-corrected chi connectivity index (χ2v) is 8.78. The van der Waals surface area contributed by atoms with Crippen LogP contribution in [0.3, 0.4) is 0 Å². The summed E-state index contributed by atoms with van der Waals surface area (Å²) in [6, 6.07) is 18.7. The molecule has 1 unspecified atom stereocenters. The van der Waals surface area contributed by atoms with Crippen LogP contribution in [0.5, 0.6) is 0 Å². The zero-order valence-corrected chi connectivity index (χ0v) is 19.6. The topological polar surface area (TPSA) is 100 Å². The predicted octanol–water partition coefficient (Wildman–Crippen LogP) is 3.93. The zero-order valence-electron chi connectivity index (χ0n) is 19.6. The Morgan fingerprint density at radius 1 is 1.03 bits per heavy atom. The first-order valence-electron chi connectivity index (χ1n) is 11.8. The molecule has 9 heteroatoms. The lowest BCUT2D eigenvalue weighted by Gasteiger charge is -2.43. The maximum absolute atomic E-state index is 12.7. The van der Waals surface area contributed by atoms with Crippen molar-refractivity contribution in [3.05, 3.63) is 96.6 Å². The molecule has 1 saturated heterocycles. The second-order valence-electron chi connectivity index (χ2n) is 8.78. The summed E-state index contributed by atoms with van der Waals surface area (Å²) in [4.78, 5) is 26.0. The van der Waals surface area contributed by atoms with Crippen LogP contribution in [0.1, 0.15) is 28.3 Å². The molecule has 36 heavy (non-hydrogen) atoms. The molecule has 0 radical (unpaired) electrons. The van der Waals surface area contributed by atoms with Crippen LogP contribution in [0.15, 0.2) is 85.5 Å². The zero-order chi connectivity index (χ0) is 24.5. The fourth-order valence-corrected chi connectivity index (χ4v) is 4.86. The molecule has 0 bridgehead atoms. The fraction of sp³-hybridized carbons (Fsp3) is 0.259. The highest BCUT2D eigenvalue weighted by Gasteiger charge is 2.43. The van der Waals surface area contributed by atoms with E-state index >= 15 is 0 Å². The normalized spacial score (nSPS) is 25.4. The van der Waals surface area contributed by atoms with Crippen molar-refractivity contribution in [1.29, 1.82) is 0 Å². The van der Waals surface area contributed by atoms with Gasteiger partial charge in [-0.15, -0.1) is 0 Å². The molecule has 0 spiro atoms. The molecule has 2 aliphatic rings. The van der Waals surface area contributed by atoms with E-state index in [1.807, 2.05) is 53.1 Å². The average molecular weight is 484 g/mol. The fourth-order valence-electron chi connectivity index (χ4n) is 4.86. The van der Waals surface area contributed by atoms with Crippen LogP contribution in [0.4, 0.5) is 5.82 Å². The molecular formula is C27H25N5O4. The monoisotopic (exact) mass is 483 g/mol. The van der Waals surface area contributed by atoms with Crippen LogP contribution < -0.4 is 5.32 Å². The average Bonchev–Trinajstić information content (AvgIpc) is 3.38. The first-order valence-corrected chi connectivity index (χ1v) is 11.8. The maximum atomic E-state index is 12.7. The van der Waals surface area contributed by atoms with Gasteiger partial charge >= 0.3 is 0 Å². The van der Waals surface area contributed by atoms with Gasteiger partial charge in [0.05, 0.1) is 25.1 Å². The summed E-state index contributed by atoms with van der Waals surface area (Å²) in [5, 5.41) is 2.86. The summed E-state index contributed by atoms with van der Waals surface area (Å²) in [6.07, 6.45) is 6.33. The Bertz CT molecular complexity index is 1390. The van der Waals surface area contributed by atoms with Gasteiger partial charge in [0, 0.05) is 24.2 Å². The lowest BCUT2D eigenvalue weighted by Crippen LogP contribution is -2.49. The van der Waals surface area contributed by atoms with E-state index in [-0.39, 0.29) is 30.1 Å². The molecule has 1 aliphatic carbocycles. The van der Waals surface area contributed by atoms with Gasteiger partial charge in [-0.05, 0) is 12.1 Å². The van der Waals surface area contributed by atoms with E-state index in [1.165, 1.54) is 6.33 Å². The van der Waals surface area contributed by atoms with Crippen molar-refractivity contribution in [2.45, 2.75) is 24.5 Å². The van der Waals surface area contributed by atoms with Crippen molar-refractivity contribution in [2.75, 3.05) is 19.0 Å². The van der Waals surface area contributed by atoms with E-state index in [0.717, 1.165) is 5.56 Å². The summed E-state index contributed by atoms with van der Waals surface area (Å²) < 4.78 is 20.4. The van der Waals surface area contributed by atoms with Crippen molar-refractivity contribution in [3.63, 3.8) is 0 Å². The van der Waals surface area contributed by atoms with E-state index in [0.29, 0.717) is 29.2 Å². The molecular weight excluding hydrogens is 458 g/mol. The number of nitrogens with one attached hydrogen (secondary N) is 1. The highest BCUT2D eigenvalue weighted by Crippen LogP contribution is 2.39. The number of hydrogen-bond acceptors (Lipinski definition) is 7. The number of amides is 1. The van der Waals surface area contributed by atoms with Gasteiger partial charge in [-0.2, -0.15) is 0 Å². The number of imidazole rings is 1. The predicted molar refractivity (Wildman–Crippen MR) is 132 cm³/mol. The molecule has 6 rings (SSSR count). The molecule has 1 aliphatic heterocycles. The van der Waals surface area contributed by atoms with E-state index in [1.54, 1.807) is 25.6 Å². The molecule has 0 saturated carbocycles. The van der Waals surface area contributed by atoms with Gasteiger partial charge in [-0.3, -0.25) is 4.79 Å². The molecule has 182 valence electrons. The van der Waals surface area contributed by atoms with Crippen LogP contribution >= 0.6 is 0 Å². The van der Waals surface area contributed by atoms with Crippen LogP contribution in [-0.2, 0) is 14.2 Å². The van der Waals surface area contributed by atoms with Crippen LogP contribution in [0.25, 0.3) is 11.2 Å². The molecule has 2 aromatic heterocycles. The number of carbonyl (C=O) groups excluding carboxylic acids is 1. The molecule has 4 aromatic rings. The van der Waals surface area contributed by atoms with E-state index in [2.05, 4.69) is 32.4 Å². The van der Waals surface area contributed by atoms with Gasteiger partial charge in [0.15, 0.2) is 23.3 Å². The number of hydrogen-bond donors (Lipinski definition) is 1. The standard InChI is InChI=1S/C27H25N5O4/c1-34-23-20(13-12-19-14-35-27(36-22(19)23)18-10-6-3-7-11-18)32-16-30-21-24(28-15-29-25(21)32)31-26(33)17-8-4-2-5-9-17/h2-13,15-16,19-20,22-23,27H,14H2,1H3,(H,28,29,31,33)/t19-,20-,22-,23+,27?/m1/s1. The lowest BCUT2D eigenvalue weighted by atomic mass is 9.86. The molecule has 1 fully saturated rings. The Balaban J connectivity index is 1.29. The number of fused-ring (bicyclic) bond motifs is 2. The van der Waals surface area contributed by atoms with Gasteiger partial charge < -0.3 is 24.1 Å². The quantitative estimate of drug-likeness (QED) is 0.429.